The van der Waals surface area contributed by atoms with Crippen molar-refractivity contribution in [2.75, 3.05) is 0 Å². The summed E-state index contributed by atoms with van der Waals surface area (Å²) in [5.74, 6) is 0. The van der Waals surface area contributed by atoms with Gasteiger partial charge in [-0.25, -0.2) is 0 Å². The summed E-state index contributed by atoms with van der Waals surface area (Å²) in [5.41, 5.74) is 2.69. The Kier molecular flexibility index (Phi) is 4.15. The fraction of sp³-hybridized carbons (Fsp3) is 0.538. The highest BCUT2D eigenvalue weighted by Gasteiger charge is 2.06. The minimum atomic E-state index is 0.450. The first-order valence-corrected chi connectivity index (χ1v) is 5.46. The molecule has 78 valence electrons. The number of aryl methyl sites for hydroxylation is 1. The van der Waals surface area contributed by atoms with Gasteiger partial charge in [0.25, 0.3) is 0 Å². The molecule has 0 aromatic heterocycles. The summed E-state index contributed by atoms with van der Waals surface area (Å²) in [6.07, 6.45) is 1.18. The van der Waals surface area contributed by atoms with Crippen LogP contribution in [0, 0.1) is 6.92 Å². The van der Waals surface area contributed by atoms with E-state index >= 15 is 0 Å². The van der Waals surface area contributed by atoms with Crippen molar-refractivity contribution in [2.24, 2.45) is 0 Å². The standard InChI is InChI=1S/C13H21N/c1-5-11(3)14-12(4)13-8-6-10(2)7-9-13/h6-9,11-12,14H,5H2,1-4H3. The van der Waals surface area contributed by atoms with Crippen molar-refractivity contribution < 1.29 is 0 Å². The fourth-order valence-electron chi connectivity index (χ4n) is 1.50. The molecule has 1 N–H and O–H groups in total. The predicted octanol–water partition coefficient (Wildman–Crippen LogP) is 3.44. The predicted molar refractivity (Wildman–Crippen MR) is 62.5 cm³/mol. The summed E-state index contributed by atoms with van der Waals surface area (Å²) in [6.45, 7) is 8.78. The van der Waals surface area contributed by atoms with E-state index in [-0.39, 0.29) is 0 Å². The number of hydrogen-bond acceptors (Lipinski definition) is 1. The summed E-state index contributed by atoms with van der Waals surface area (Å²) in [5, 5.41) is 3.57. The molecule has 0 aliphatic rings. The maximum atomic E-state index is 3.57. The van der Waals surface area contributed by atoms with Gasteiger partial charge in [-0.1, -0.05) is 36.8 Å². The monoisotopic (exact) mass is 191 g/mol. The van der Waals surface area contributed by atoms with Gasteiger partial charge in [-0.15, -0.1) is 0 Å². The second-order valence-electron chi connectivity index (χ2n) is 4.11. The smallest absolute Gasteiger partial charge is 0.0294 e. The van der Waals surface area contributed by atoms with Gasteiger partial charge in [0.15, 0.2) is 0 Å². The van der Waals surface area contributed by atoms with Gasteiger partial charge in [0.05, 0.1) is 0 Å². The zero-order chi connectivity index (χ0) is 10.6. The molecule has 1 aromatic rings. The van der Waals surface area contributed by atoms with Crippen molar-refractivity contribution in [1.82, 2.24) is 5.32 Å². The van der Waals surface area contributed by atoms with Crippen molar-refractivity contribution in [3.8, 4) is 0 Å². The van der Waals surface area contributed by atoms with E-state index in [0.29, 0.717) is 12.1 Å². The molecule has 0 fully saturated rings. The first-order valence-electron chi connectivity index (χ1n) is 5.46. The molecule has 0 aliphatic carbocycles. The Hall–Kier alpha value is -0.820. The molecule has 0 heterocycles. The highest BCUT2D eigenvalue weighted by molar-refractivity contribution is 5.23. The van der Waals surface area contributed by atoms with E-state index in [1.54, 1.807) is 0 Å². The quantitative estimate of drug-likeness (QED) is 0.768. The van der Waals surface area contributed by atoms with Crippen LogP contribution in [0.1, 0.15) is 44.4 Å². The van der Waals surface area contributed by atoms with Gasteiger partial charge >= 0.3 is 0 Å². The van der Waals surface area contributed by atoms with Crippen LogP contribution in [-0.2, 0) is 0 Å². The summed E-state index contributed by atoms with van der Waals surface area (Å²) < 4.78 is 0. The highest BCUT2D eigenvalue weighted by atomic mass is 14.9. The molecule has 2 unspecified atom stereocenters. The van der Waals surface area contributed by atoms with Gasteiger partial charge in [0.1, 0.15) is 0 Å². The third-order valence-electron chi connectivity index (χ3n) is 2.72. The Balaban J connectivity index is 2.60. The fourth-order valence-corrected chi connectivity index (χ4v) is 1.50. The lowest BCUT2D eigenvalue weighted by molar-refractivity contribution is 0.469. The van der Waals surface area contributed by atoms with Gasteiger partial charge in [0.2, 0.25) is 0 Å². The lowest BCUT2D eigenvalue weighted by Crippen LogP contribution is -2.28. The molecular formula is C13H21N. The molecule has 14 heavy (non-hydrogen) atoms. The van der Waals surface area contributed by atoms with E-state index in [4.69, 9.17) is 0 Å². The number of rotatable bonds is 4. The second-order valence-corrected chi connectivity index (χ2v) is 4.11. The Bertz CT molecular complexity index is 263. The van der Waals surface area contributed by atoms with Crippen LogP contribution in [0.3, 0.4) is 0 Å². The van der Waals surface area contributed by atoms with Crippen molar-refractivity contribution in [2.45, 2.75) is 46.2 Å². The Labute approximate surface area is 87.5 Å². The Morgan fingerprint density at radius 2 is 1.71 bits per heavy atom. The minimum absolute atomic E-state index is 0.450. The lowest BCUT2D eigenvalue weighted by atomic mass is 10.1. The zero-order valence-corrected chi connectivity index (χ0v) is 9.67. The van der Waals surface area contributed by atoms with E-state index in [1.807, 2.05) is 0 Å². The van der Waals surface area contributed by atoms with E-state index in [2.05, 4.69) is 57.3 Å². The van der Waals surface area contributed by atoms with Crippen LogP contribution in [-0.4, -0.2) is 6.04 Å². The molecule has 0 amide bonds. The molecule has 0 radical (unpaired) electrons. The van der Waals surface area contributed by atoms with Gasteiger partial charge < -0.3 is 5.32 Å². The van der Waals surface area contributed by atoms with Crippen LogP contribution in [0.2, 0.25) is 0 Å². The number of hydrogen-bond donors (Lipinski definition) is 1. The van der Waals surface area contributed by atoms with Gasteiger partial charge in [0, 0.05) is 12.1 Å². The SMILES string of the molecule is CCC(C)NC(C)c1ccc(C)cc1. The minimum Gasteiger partial charge on any atom is -0.308 e. The molecule has 0 saturated heterocycles. The summed E-state index contributed by atoms with van der Waals surface area (Å²) in [4.78, 5) is 0. The molecule has 1 heteroatoms. The molecular weight excluding hydrogens is 170 g/mol. The molecule has 0 aliphatic heterocycles. The largest absolute Gasteiger partial charge is 0.308 e. The van der Waals surface area contributed by atoms with E-state index in [1.165, 1.54) is 17.5 Å². The molecule has 0 saturated carbocycles. The van der Waals surface area contributed by atoms with Crippen LogP contribution >= 0.6 is 0 Å². The van der Waals surface area contributed by atoms with Crippen LogP contribution in [0.4, 0.5) is 0 Å². The van der Waals surface area contributed by atoms with Crippen LogP contribution in [0.5, 0.6) is 0 Å². The van der Waals surface area contributed by atoms with E-state index in [9.17, 15) is 0 Å². The van der Waals surface area contributed by atoms with Crippen LogP contribution < -0.4 is 5.32 Å². The Morgan fingerprint density at radius 1 is 1.14 bits per heavy atom. The first-order chi connectivity index (χ1) is 6.63. The van der Waals surface area contributed by atoms with E-state index < -0.39 is 0 Å². The maximum absolute atomic E-state index is 3.57. The van der Waals surface area contributed by atoms with Crippen molar-refractivity contribution in [3.63, 3.8) is 0 Å². The van der Waals surface area contributed by atoms with Crippen LogP contribution in [0.25, 0.3) is 0 Å². The lowest BCUT2D eigenvalue weighted by Gasteiger charge is -2.19. The molecule has 2 atom stereocenters. The number of nitrogens with one attached hydrogen (secondary N) is 1. The second kappa shape index (κ2) is 5.16. The summed E-state index contributed by atoms with van der Waals surface area (Å²) in [6, 6.07) is 9.79. The first kappa shape index (κ1) is 11.3. The molecule has 0 bridgehead atoms. The molecule has 1 aromatic carbocycles. The zero-order valence-electron chi connectivity index (χ0n) is 9.67. The normalized spacial score (nSPS) is 15.1. The van der Waals surface area contributed by atoms with Crippen LogP contribution in [0.15, 0.2) is 24.3 Å². The maximum Gasteiger partial charge on any atom is 0.0294 e. The highest BCUT2D eigenvalue weighted by Crippen LogP contribution is 2.14. The average Bonchev–Trinajstić information content (AvgIpc) is 2.18. The third-order valence-corrected chi connectivity index (χ3v) is 2.72. The Morgan fingerprint density at radius 3 is 2.21 bits per heavy atom. The molecule has 1 nitrogen and oxygen atoms in total. The van der Waals surface area contributed by atoms with Gasteiger partial charge in [-0.05, 0) is 32.8 Å². The van der Waals surface area contributed by atoms with Crippen molar-refractivity contribution in [1.29, 1.82) is 0 Å². The van der Waals surface area contributed by atoms with Crippen molar-refractivity contribution in [3.05, 3.63) is 35.4 Å². The topological polar surface area (TPSA) is 12.0 Å². The third kappa shape index (κ3) is 3.15. The average molecular weight is 191 g/mol. The number of benzene rings is 1. The van der Waals surface area contributed by atoms with Gasteiger partial charge in [-0.2, -0.15) is 0 Å². The summed E-state index contributed by atoms with van der Waals surface area (Å²) in [7, 11) is 0. The summed E-state index contributed by atoms with van der Waals surface area (Å²) >= 11 is 0. The van der Waals surface area contributed by atoms with Crippen molar-refractivity contribution >= 4 is 0 Å². The van der Waals surface area contributed by atoms with Gasteiger partial charge in [-0.3, -0.25) is 0 Å². The molecule has 1 rings (SSSR count). The molecule has 0 spiro atoms. The van der Waals surface area contributed by atoms with E-state index in [0.717, 1.165) is 0 Å².